The van der Waals surface area contributed by atoms with E-state index in [-0.39, 0.29) is 12.5 Å². The molecule has 0 spiro atoms. The summed E-state index contributed by atoms with van der Waals surface area (Å²) in [5.74, 6) is 1.35. The van der Waals surface area contributed by atoms with Crippen LogP contribution >= 0.6 is 34.0 Å². The third-order valence-electron chi connectivity index (χ3n) is 6.68. The summed E-state index contributed by atoms with van der Waals surface area (Å²) in [6.07, 6.45) is 2.79. The minimum absolute atomic E-state index is 0.00834. The first-order chi connectivity index (χ1) is 20.9. The number of aryl methyl sites for hydroxylation is 1. The molecule has 0 N–H and O–H groups in total. The van der Waals surface area contributed by atoms with Crippen molar-refractivity contribution < 1.29 is 19.0 Å². The summed E-state index contributed by atoms with van der Waals surface area (Å²) in [6, 6.07) is 11.4. The molecule has 2 aromatic carbocycles. The van der Waals surface area contributed by atoms with Crippen LogP contribution < -0.4 is 9.47 Å². The molecule has 6 rings (SSSR count). The molecule has 0 fully saturated rings. The SMILES string of the molecule is CCCN(CCOC)C(=O)c1ccc(-c2nc(COc3cc(OC)cc4nc(-c5cn6nc(C)sc6n5)sc34)cs2)cc1. The molecule has 1 amide bonds. The molecular formula is C30H30N6O4S3. The molecule has 0 atom stereocenters. The van der Waals surface area contributed by atoms with Crippen molar-refractivity contribution in [3.63, 3.8) is 0 Å². The predicted molar refractivity (Wildman–Crippen MR) is 171 cm³/mol. The maximum Gasteiger partial charge on any atom is 0.253 e. The standard InChI is InChI=1S/C30H30N6O4S3/c1-5-10-35(11-12-38-3)29(37)20-8-6-19(7-9-20)27-31-21(17-41-27)16-40-25-14-22(39-4)13-23-26(25)43-28(32-23)24-15-36-30(33-24)42-18(2)34-36/h6-9,13-15,17H,5,10-12,16H2,1-4H3. The summed E-state index contributed by atoms with van der Waals surface area (Å²) >= 11 is 4.61. The number of thiazole rings is 2. The molecule has 0 saturated heterocycles. The van der Waals surface area contributed by atoms with Crippen LogP contribution in [-0.2, 0) is 11.3 Å². The second kappa shape index (κ2) is 12.8. The zero-order valence-electron chi connectivity index (χ0n) is 24.2. The Kier molecular flexibility index (Phi) is 8.66. The maximum atomic E-state index is 13.0. The van der Waals surface area contributed by atoms with Crippen LogP contribution in [0.2, 0.25) is 0 Å². The quantitative estimate of drug-likeness (QED) is 0.149. The van der Waals surface area contributed by atoms with Crippen molar-refractivity contribution in [3.8, 4) is 32.8 Å². The second-order valence-corrected chi connectivity index (χ2v) is 12.8. The molecule has 13 heteroatoms. The van der Waals surface area contributed by atoms with E-state index in [1.54, 1.807) is 41.4 Å². The predicted octanol–water partition coefficient (Wildman–Crippen LogP) is 6.59. The summed E-state index contributed by atoms with van der Waals surface area (Å²) in [5.41, 5.74) is 3.97. The van der Waals surface area contributed by atoms with Crippen molar-refractivity contribution in [3.05, 3.63) is 64.2 Å². The first-order valence-electron chi connectivity index (χ1n) is 13.7. The molecular weight excluding hydrogens is 605 g/mol. The fraction of sp³-hybridized carbons (Fsp3) is 0.300. The highest BCUT2D eigenvalue weighted by atomic mass is 32.1. The summed E-state index contributed by atoms with van der Waals surface area (Å²) in [6.45, 7) is 6.10. The molecule has 222 valence electrons. The molecule has 4 aromatic heterocycles. The molecule has 0 aliphatic rings. The largest absolute Gasteiger partial charge is 0.497 e. The van der Waals surface area contributed by atoms with Gasteiger partial charge in [0.2, 0.25) is 4.96 Å². The Bertz CT molecular complexity index is 1840. The van der Waals surface area contributed by atoms with Crippen LogP contribution in [-0.4, -0.2) is 69.3 Å². The normalized spacial score (nSPS) is 11.4. The van der Waals surface area contributed by atoms with Crippen molar-refractivity contribution in [1.82, 2.24) is 29.5 Å². The lowest BCUT2D eigenvalue weighted by atomic mass is 10.1. The fourth-order valence-corrected chi connectivity index (χ4v) is 7.10. The number of hydrogen-bond acceptors (Lipinski definition) is 11. The summed E-state index contributed by atoms with van der Waals surface area (Å²) in [4.78, 5) is 30.0. The van der Waals surface area contributed by atoms with Crippen LogP contribution in [0, 0.1) is 6.92 Å². The highest BCUT2D eigenvalue weighted by Gasteiger charge is 2.18. The molecule has 4 heterocycles. The van der Waals surface area contributed by atoms with Gasteiger partial charge in [-0.1, -0.05) is 30.4 Å². The van der Waals surface area contributed by atoms with E-state index in [9.17, 15) is 4.79 Å². The Morgan fingerprint density at radius 3 is 2.60 bits per heavy atom. The van der Waals surface area contributed by atoms with E-state index in [1.807, 2.05) is 59.8 Å². The Balaban J connectivity index is 1.17. The number of benzene rings is 2. The third-order valence-corrected chi connectivity index (χ3v) is 9.57. The topological polar surface area (TPSA) is 104 Å². The number of hydrogen-bond donors (Lipinski definition) is 0. The van der Waals surface area contributed by atoms with Gasteiger partial charge in [0.25, 0.3) is 5.91 Å². The molecule has 0 saturated carbocycles. The summed E-state index contributed by atoms with van der Waals surface area (Å²) in [7, 11) is 3.27. The van der Waals surface area contributed by atoms with Gasteiger partial charge in [0, 0.05) is 48.8 Å². The van der Waals surface area contributed by atoms with Crippen LogP contribution in [0.3, 0.4) is 0 Å². The van der Waals surface area contributed by atoms with Gasteiger partial charge < -0.3 is 19.1 Å². The average molecular weight is 635 g/mol. The maximum absolute atomic E-state index is 13.0. The lowest BCUT2D eigenvalue weighted by Gasteiger charge is -2.21. The van der Waals surface area contributed by atoms with Crippen LogP contribution in [0.4, 0.5) is 0 Å². The first-order valence-corrected chi connectivity index (χ1v) is 16.2. The summed E-state index contributed by atoms with van der Waals surface area (Å²) < 4.78 is 19.7. The van der Waals surface area contributed by atoms with Crippen molar-refractivity contribution >= 4 is 55.1 Å². The van der Waals surface area contributed by atoms with Gasteiger partial charge in [-0.2, -0.15) is 5.10 Å². The smallest absolute Gasteiger partial charge is 0.253 e. The monoisotopic (exact) mass is 634 g/mol. The molecule has 0 bridgehead atoms. The third kappa shape index (κ3) is 6.25. The van der Waals surface area contributed by atoms with Crippen LogP contribution in [0.1, 0.15) is 34.4 Å². The van der Waals surface area contributed by atoms with E-state index in [4.69, 9.17) is 29.2 Å². The van der Waals surface area contributed by atoms with Crippen molar-refractivity contribution in [1.29, 1.82) is 0 Å². The Morgan fingerprint density at radius 2 is 1.86 bits per heavy atom. The number of aromatic nitrogens is 5. The van der Waals surface area contributed by atoms with Crippen LogP contribution in [0.15, 0.2) is 48.0 Å². The lowest BCUT2D eigenvalue weighted by molar-refractivity contribution is 0.0695. The number of carbonyl (C=O) groups is 1. The molecule has 6 aromatic rings. The number of methoxy groups -OCH3 is 2. The summed E-state index contributed by atoms with van der Waals surface area (Å²) in [5, 5.41) is 9.06. The van der Waals surface area contributed by atoms with Gasteiger partial charge in [0.05, 0.1) is 35.8 Å². The number of amides is 1. The molecule has 10 nitrogen and oxygen atoms in total. The van der Waals surface area contributed by atoms with E-state index in [2.05, 4.69) is 12.0 Å². The second-order valence-electron chi connectivity index (χ2n) is 9.76. The highest BCUT2D eigenvalue weighted by Crippen LogP contribution is 2.39. The van der Waals surface area contributed by atoms with Crippen molar-refractivity contribution in [2.24, 2.45) is 0 Å². The van der Waals surface area contributed by atoms with Crippen molar-refractivity contribution in [2.45, 2.75) is 26.9 Å². The Hall–Kier alpha value is -3.91. The first kappa shape index (κ1) is 29.2. The van der Waals surface area contributed by atoms with Crippen LogP contribution in [0.5, 0.6) is 11.5 Å². The Morgan fingerprint density at radius 1 is 1.02 bits per heavy atom. The van der Waals surface area contributed by atoms with Gasteiger partial charge in [-0.25, -0.2) is 19.5 Å². The number of ether oxygens (including phenoxy) is 3. The zero-order chi connectivity index (χ0) is 29.9. The van der Waals surface area contributed by atoms with Crippen LogP contribution in [0.25, 0.3) is 36.5 Å². The van der Waals surface area contributed by atoms with E-state index in [0.29, 0.717) is 36.8 Å². The number of rotatable bonds is 12. The van der Waals surface area contributed by atoms with E-state index in [1.165, 1.54) is 11.3 Å². The van der Waals surface area contributed by atoms with E-state index >= 15 is 0 Å². The zero-order valence-corrected chi connectivity index (χ0v) is 26.6. The number of carbonyl (C=O) groups excluding carboxylic acids is 1. The molecule has 0 aliphatic carbocycles. The number of nitrogens with zero attached hydrogens (tertiary/aromatic N) is 6. The molecule has 0 aliphatic heterocycles. The van der Waals surface area contributed by atoms with Crippen molar-refractivity contribution in [2.75, 3.05) is 33.9 Å². The number of imidazole rings is 1. The molecule has 43 heavy (non-hydrogen) atoms. The van der Waals surface area contributed by atoms with Gasteiger partial charge >= 0.3 is 0 Å². The van der Waals surface area contributed by atoms with Gasteiger partial charge in [0.1, 0.15) is 38.8 Å². The molecule has 0 unspecified atom stereocenters. The van der Waals surface area contributed by atoms with Gasteiger partial charge in [0.15, 0.2) is 0 Å². The number of fused-ring (bicyclic) bond motifs is 2. The Labute approximate surface area is 260 Å². The van der Waals surface area contributed by atoms with E-state index in [0.717, 1.165) is 53.6 Å². The van der Waals surface area contributed by atoms with Gasteiger partial charge in [-0.05, 0) is 25.5 Å². The minimum Gasteiger partial charge on any atom is -0.497 e. The van der Waals surface area contributed by atoms with Gasteiger partial charge in [-0.15, -0.1) is 22.7 Å². The fourth-order valence-electron chi connectivity index (χ4n) is 4.60. The molecule has 0 radical (unpaired) electrons. The van der Waals surface area contributed by atoms with Gasteiger partial charge in [-0.3, -0.25) is 4.79 Å². The average Bonchev–Trinajstić information content (AvgIpc) is 3.81. The lowest BCUT2D eigenvalue weighted by Crippen LogP contribution is -2.34. The minimum atomic E-state index is 0.00834. The highest BCUT2D eigenvalue weighted by molar-refractivity contribution is 7.22. The van der Waals surface area contributed by atoms with E-state index < -0.39 is 0 Å².